The van der Waals surface area contributed by atoms with Gasteiger partial charge in [0, 0.05) is 17.8 Å². The number of thiazole rings is 1. The molecule has 0 unspecified atom stereocenters. The van der Waals surface area contributed by atoms with Gasteiger partial charge in [0.05, 0.1) is 12.0 Å². The van der Waals surface area contributed by atoms with E-state index in [0.29, 0.717) is 15.6 Å². The van der Waals surface area contributed by atoms with E-state index in [2.05, 4.69) is 4.98 Å². The van der Waals surface area contributed by atoms with Gasteiger partial charge >= 0.3 is 0 Å². The van der Waals surface area contributed by atoms with Crippen molar-refractivity contribution in [2.75, 3.05) is 12.8 Å². The third-order valence-electron chi connectivity index (χ3n) is 2.00. The van der Waals surface area contributed by atoms with Crippen LogP contribution < -0.4 is 10.5 Å². The molecule has 2 aromatic rings. The molecule has 0 atom stereocenters. The second kappa shape index (κ2) is 4.05. The predicted molar refractivity (Wildman–Crippen MR) is 58.4 cm³/mol. The smallest absolute Gasteiger partial charge is 0.180 e. The van der Waals surface area contributed by atoms with Crippen molar-refractivity contribution in [3.8, 4) is 16.2 Å². The molecule has 0 radical (unpaired) electrons. The molecule has 2 rings (SSSR count). The molecule has 0 fully saturated rings. The largest absolute Gasteiger partial charge is 0.493 e. The lowest BCUT2D eigenvalue weighted by atomic mass is 10.1. The van der Waals surface area contributed by atoms with Crippen molar-refractivity contribution in [3.05, 3.63) is 30.0 Å². The van der Waals surface area contributed by atoms with Gasteiger partial charge in [-0.1, -0.05) is 11.3 Å². The SMILES string of the molecule is COc1c(F)cc(F)cc1-c1cnc(N)s1. The monoisotopic (exact) mass is 242 g/mol. The van der Waals surface area contributed by atoms with Crippen molar-refractivity contribution in [2.24, 2.45) is 0 Å². The number of halogens is 2. The quantitative estimate of drug-likeness (QED) is 0.880. The first-order valence-electron chi connectivity index (χ1n) is 4.36. The third-order valence-corrected chi connectivity index (χ3v) is 2.86. The summed E-state index contributed by atoms with van der Waals surface area (Å²) in [6.07, 6.45) is 1.46. The van der Waals surface area contributed by atoms with Gasteiger partial charge in [-0.25, -0.2) is 13.8 Å². The fraction of sp³-hybridized carbons (Fsp3) is 0.100. The van der Waals surface area contributed by atoms with Gasteiger partial charge in [-0.15, -0.1) is 0 Å². The summed E-state index contributed by atoms with van der Waals surface area (Å²) in [7, 11) is 1.32. The van der Waals surface area contributed by atoms with Crippen molar-refractivity contribution in [3.63, 3.8) is 0 Å². The average molecular weight is 242 g/mol. The first-order valence-corrected chi connectivity index (χ1v) is 5.18. The van der Waals surface area contributed by atoms with E-state index in [4.69, 9.17) is 10.5 Å². The van der Waals surface area contributed by atoms with Crippen LogP contribution in [0.1, 0.15) is 0 Å². The zero-order chi connectivity index (χ0) is 11.7. The van der Waals surface area contributed by atoms with E-state index in [9.17, 15) is 8.78 Å². The number of nitrogens with two attached hydrogens (primary N) is 1. The molecule has 2 N–H and O–H groups in total. The molecule has 3 nitrogen and oxygen atoms in total. The normalized spacial score (nSPS) is 10.4. The molecule has 0 spiro atoms. The van der Waals surface area contributed by atoms with Gasteiger partial charge < -0.3 is 10.5 Å². The van der Waals surface area contributed by atoms with Crippen LogP contribution in [0.2, 0.25) is 0 Å². The molecule has 0 aliphatic heterocycles. The zero-order valence-electron chi connectivity index (χ0n) is 8.33. The van der Waals surface area contributed by atoms with Crippen LogP contribution in [0.15, 0.2) is 18.3 Å². The van der Waals surface area contributed by atoms with Gasteiger partial charge in [0.25, 0.3) is 0 Å². The summed E-state index contributed by atoms with van der Waals surface area (Å²) >= 11 is 1.14. The van der Waals surface area contributed by atoms with E-state index in [1.54, 1.807) is 0 Å². The fourth-order valence-electron chi connectivity index (χ4n) is 1.36. The molecule has 84 valence electrons. The summed E-state index contributed by atoms with van der Waals surface area (Å²) < 4.78 is 31.4. The highest BCUT2D eigenvalue weighted by Crippen LogP contribution is 2.36. The highest BCUT2D eigenvalue weighted by Gasteiger charge is 2.15. The molecule has 0 saturated heterocycles. The van der Waals surface area contributed by atoms with Gasteiger partial charge in [-0.2, -0.15) is 0 Å². The number of hydrogen-bond acceptors (Lipinski definition) is 4. The van der Waals surface area contributed by atoms with Crippen LogP contribution in [0, 0.1) is 11.6 Å². The van der Waals surface area contributed by atoms with Gasteiger partial charge in [-0.3, -0.25) is 0 Å². The summed E-state index contributed by atoms with van der Waals surface area (Å²) in [5, 5.41) is 0.335. The maximum Gasteiger partial charge on any atom is 0.180 e. The number of benzene rings is 1. The van der Waals surface area contributed by atoms with Crippen LogP contribution in [-0.4, -0.2) is 12.1 Å². The Bertz CT molecular complexity index is 528. The van der Waals surface area contributed by atoms with Gasteiger partial charge in [0.1, 0.15) is 5.82 Å². The molecule has 0 saturated carbocycles. The summed E-state index contributed by atoms with van der Waals surface area (Å²) in [6, 6.07) is 1.96. The number of aromatic nitrogens is 1. The molecular weight excluding hydrogens is 234 g/mol. The highest BCUT2D eigenvalue weighted by molar-refractivity contribution is 7.18. The van der Waals surface area contributed by atoms with E-state index >= 15 is 0 Å². The molecule has 1 aromatic heterocycles. The van der Waals surface area contributed by atoms with Crippen LogP contribution in [0.4, 0.5) is 13.9 Å². The van der Waals surface area contributed by atoms with Crippen LogP contribution >= 0.6 is 11.3 Å². The highest BCUT2D eigenvalue weighted by atomic mass is 32.1. The molecule has 16 heavy (non-hydrogen) atoms. The van der Waals surface area contributed by atoms with Crippen LogP contribution in [-0.2, 0) is 0 Å². The lowest BCUT2D eigenvalue weighted by Gasteiger charge is -2.07. The minimum atomic E-state index is -0.746. The average Bonchev–Trinajstić information content (AvgIpc) is 2.63. The third kappa shape index (κ3) is 1.83. The Balaban J connectivity index is 2.63. The van der Waals surface area contributed by atoms with Crippen LogP contribution in [0.25, 0.3) is 10.4 Å². The first kappa shape index (κ1) is 10.8. The maximum absolute atomic E-state index is 13.4. The molecule has 0 aliphatic rings. The molecule has 1 aromatic carbocycles. The molecule has 0 aliphatic carbocycles. The van der Waals surface area contributed by atoms with E-state index < -0.39 is 11.6 Å². The number of nitrogen functional groups attached to an aromatic ring is 1. The van der Waals surface area contributed by atoms with Crippen molar-refractivity contribution >= 4 is 16.5 Å². The fourth-order valence-corrected chi connectivity index (χ4v) is 2.06. The van der Waals surface area contributed by atoms with E-state index in [0.717, 1.165) is 17.4 Å². The Kier molecular flexibility index (Phi) is 2.74. The second-order valence-electron chi connectivity index (χ2n) is 3.03. The van der Waals surface area contributed by atoms with Crippen molar-refractivity contribution in [1.29, 1.82) is 0 Å². The van der Waals surface area contributed by atoms with Crippen LogP contribution in [0.3, 0.4) is 0 Å². The first-order chi connectivity index (χ1) is 7.61. The number of ether oxygens (including phenoxy) is 1. The minimum absolute atomic E-state index is 0.00921. The van der Waals surface area contributed by atoms with Gasteiger partial charge in [-0.05, 0) is 6.07 Å². The van der Waals surface area contributed by atoms with E-state index in [1.165, 1.54) is 19.4 Å². The molecular formula is C10H8F2N2OS. The van der Waals surface area contributed by atoms with Crippen molar-refractivity contribution < 1.29 is 13.5 Å². The van der Waals surface area contributed by atoms with Crippen LogP contribution in [0.5, 0.6) is 5.75 Å². The van der Waals surface area contributed by atoms with E-state index in [-0.39, 0.29) is 5.75 Å². The Morgan fingerprint density at radius 2 is 2.12 bits per heavy atom. The standard InChI is InChI=1S/C10H8F2N2OS/c1-15-9-6(2-5(11)3-7(9)12)8-4-14-10(13)16-8/h2-4H,1H3,(H2,13,14). The molecule has 0 bridgehead atoms. The number of rotatable bonds is 2. The summed E-state index contributed by atoms with van der Waals surface area (Å²) in [5.74, 6) is -1.42. The maximum atomic E-state index is 13.4. The summed E-state index contributed by atoms with van der Waals surface area (Å²) in [4.78, 5) is 4.39. The molecule has 0 amide bonds. The number of methoxy groups -OCH3 is 1. The molecule has 1 heterocycles. The Labute approximate surface area is 94.5 Å². The van der Waals surface area contributed by atoms with Gasteiger partial charge in [0.15, 0.2) is 16.7 Å². The second-order valence-corrected chi connectivity index (χ2v) is 4.09. The number of hydrogen-bond donors (Lipinski definition) is 1. The number of nitrogens with zero attached hydrogens (tertiary/aromatic N) is 1. The number of anilines is 1. The summed E-state index contributed by atoms with van der Waals surface area (Å²) in [6.45, 7) is 0. The summed E-state index contributed by atoms with van der Waals surface area (Å²) in [5.41, 5.74) is 5.78. The van der Waals surface area contributed by atoms with Crippen molar-refractivity contribution in [1.82, 2.24) is 4.98 Å². The van der Waals surface area contributed by atoms with Gasteiger partial charge in [0.2, 0.25) is 0 Å². The lowest BCUT2D eigenvalue weighted by Crippen LogP contribution is -1.92. The van der Waals surface area contributed by atoms with E-state index in [1.807, 2.05) is 0 Å². The Morgan fingerprint density at radius 1 is 1.38 bits per heavy atom. The lowest BCUT2D eigenvalue weighted by molar-refractivity contribution is 0.386. The Morgan fingerprint density at radius 3 is 2.69 bits per heavy atom. The predicted octanol–water partition coefficient (Wildman–Crippen LogP) is 2.68. The molecule has 6 heteroatoms. The zero-order valence-corrected chi connectivity index (χ0v) is 9.15. The Hall–Kier alpha value is -1.69. The topological polar surface area (TPSA) is 48.1 Å². The van der Waals surface area contributed by atoms with Crippen molar-refractivity contribution in [2.45, 2.75) is 0 Å². The minimum Gasteiger partial charge on any atom is -0.493 e.